The van der Waals surface area contributed by atoms with Gasteiger partial charge in [-0.25, -0.2) is 0 Å². The summed E-state index contributed by atoms with van der Waals surface area (Å²) in [6, 6.07) is 5.84. The minimum Gasteiger partial charge on any atom is -0.497 e. The van der Waals surface area contributed by atoms with Gasteiger partial charge in [0, 0.05) is 4.90 Å². The normalized spacial score (nSPS) is 12.0. The quantitative estimate of drug-likeness (QED) is 0.597. The Morgan fingerprint density at radius 2 is 2.12 bits per heavy atom. The van der Waals surface area contributed by atoms with Crippen molar-refractivity contribution in [2.45, 2.75) is 30.4 Å². The predicted octanol–water partition coefficient (Wildman–Crippen LogP) is 3.05. The Bertz CT molecular complexity index is 390. The van der Waals surface area contributed by atoms with Gasteiger partial charge < -0.3 is 9.47 Å². The van der Waals surface area contributed by atoms with Gasteiger partial charge in [0.1, 0.15) is 11.0 Å². The highest BCUT2D eigenvalue weighted by molar-refractivity contribution is 8.00. The molecule has 1 rings (SSSR count). The van der Waals surface area contributed by atoms with Crippen LogP contribution in [0.15, 0.2) is 23.1 Å². The molecule has 0 radical (unpaired) electrons. The van der Waals surface area contributed by atoms with Crippen molar-refractivity contribution in [1.82, 2.24) is 0 Å². The Labute approximate surface area is 106 Å². The SMILES string of the molecule is CCC(Sc1ccc(OC)cc1C)C(=O)OC. The molecular formula is C13H18O3S. The third-order valence-corrected chi connectivity index (χ3v) is 4.01. The van der Waals surface area contributed by atoms with Crippen molar-refractivity contribution < 1.29 is 14.3 Å². The van der Waals surface area contributed by atoms with E-state index in [1.54, 1.807) is 7.11 Å². The van der Waals surface area contributed by atoms with Crippen LogP contribution in [-0.2, 0) is 9.53 Å². The molecule has 1 unspecified atom stereocenters. The van der Waals surface area contributed by atoms with E-state index < -0.39 is 0 Å². The number of ether oxygens (including phenoxy) is 2. The topological polar surface area (TPSA) is 35.5 Å². The molecule has 0 saturated heterocycles. The minimum atomic E-state index is -0.173. The molecule has 1 aromatic rings. The van der Waals surface area contributed by atoms with Crippen LogP contribution in [0.1, 0.15) is 18.9 Å². The summed E-state index contributed by atoms with van der Waals surface area (Å²) in [6.07, 6.45) is 0.753. The zero-order valence-corrected chi connectivity index (χ0v) is 11.5. The Kier molecular flexibility index (Phi) is 5.35. The van der Waals surface area contributed by atoms with Gasteiger partial charge in [0.15, 0.2) is 0 Å². The van der Waals surface area contributed by atoms with E-state index in [2.05, 4.69) is 0 Å². The summed E-state index contributed by atoms with van der Waals surface area (Å²) in [5.41, 5.74) is 1.11. The molecule has 0 aromatic heterocycles. The summed E-state index contributed by atoms with van der Waals surface area (Å²) in [7, 11) is 3.07. The van der Waals surface area contributed by atoms with Gasteiger partial charge in [0.05, 0.1) is 14.2 Å². The molecule has 17 heavy (non-hydrogen) atoms. The van der Waals surface area contributed by atoms with E-state index in [1.165, 1.54) is 18.9 Å². The zero-order chi connectivity index (χ0) is 12.8. The first-order chi connectivity index (χ1) is 8.12. The molecule has 0 heterocycles. The maximum atomic E-state index is 11.5. The van der Waals surface area contributed by atoms with Gasteiger partial charge in [0.2, 0.25) is 0 Å². The van der Waals surface area contributed by atoms with Gasteiger partial charge in [-0.3, -0.25) is 4.79 Å². The van der Waals surface area contributed by atoms with Crippen LogP contribution in [0.3, 0.4) is 0 Å². The molecule has 0 fully saturated rings. The zero-order valence-electron chi connectivity index (χ0n) is 10.6. The van der Waals surface area contributed by atoms with Crippen LogP contribution in [0.2, 0.25) is 0 Å². The molecule has 0 bridgehead atoms. The lowest BCUT2D eigenvalue weighted by Gasteiger charge is -2.14. The summed E-state index contributed by atoms with van der Waals surface area (Å²) in [5.74, 6) is 0.658. The van der Waals surface area contributed by atoms with Crippen LogP contribution in [0, 0.1) is 6.92 Å². The van der Waals surface area contributed by atoms with Crippen molar-refractivity contribution in [2.75, 3.05) is 14.2 Å². The van der Waals surface area contributed by atoms with E-state index in [9.17, 15) is 4.79 Å². The fourth-order valence-corrected chi connectivity index (χ4v) is 2.52. The highest BCUT2D eigenvalue weighted by Gasteiger charge is 2.19. The Morgan fingerprint density at radius 3 is 2.59 bits per heavy atom. The molecule has 4 heteroatoms. The summed E-state index contributed by atoms with van der Waals surface area (Å²) >= 11 is 1.54. The Hall–Kier alpha value is -1.16. The first kappa shape index (κ1) is 13.9. The average molecular weight is 254 g/mol. The number of carbonyl (C=O) groups is 1. The monoisotopic (exact) mass is 254 g/mol. The molecule has 0 amide bonds. The summed E-state index contributed by atoms with van der Waals surface area (Å²) in [4.78, 5) is 12.6. The number of rotatable bonds is 5. The van der Waals surface area contributed by atoms with Gasteiger partial charge in [-0.15, -0.1) is 11.8 Å². The van der Waals surface area contributed by atoms with Crippen LogP contribution < -0.4 is 4.74 Å². The van der Waals surface area contributed by atoms with Crippen molar-refractivity contribution in [3.63, 3.8) is 0 Å². The van der Waals surface area contributed by atoms with Crippen molar-refractivity contribution in [2.24, 2.45) is 0 Å². The molecule has 0 saturated carbocycles. The Balaban J connectivity index is 2.83. The van der Waals surface area contributed by atoms with Crippen molar-refractivity contribution in [3.8, 4) is 5.75 Å². The molecule has 0 aliphatic rings. The van der Waals surface area contributed by atoms with Gasteiger partial charge in [-0.2, -0.15) is 0 Å². The minimum absolute atomic E-state index is 0.146. The summed E-state index contributed by atoms with van der Waals surface area (Å²) in [5, 5.41) is -0.146. The maximum absolute atomic E-state index is 11.5. The molecule has 3 nitrogen and oxygen atoms in total. The maximum Gasteiger partial charge on any atom is 0.319 e. The smallest absolute Gasteiger partial charge is 0.319 e. The fraction of sp³-hybridized carbons (Fsp3) is 0.462. The molecule has 0 N–H and O–H groups in total. The molecule has 0 aliphatic carbocycles. The summed E-state index contributed by atoms with van der Waals surface area (Å²) < 4.78 is 9.92. The second-order valence-electron chi connectivity index (χ2n) is 3.67. The highest BCUT2D eigenvalue weighted by Crippen LogP contribution is 2.31. The molecule has 0 spiro atoms. The van der Waals surface area contributed by atoms with Crippen molar-refractivity contribution in [1.29, 1.82) is 0 Å². The van der Waals surface area contributed by atoms with E-state index in [0.717, 1.165) is 22.6 Å². The van der Waals surface area contributed by atoms with E-state index in [-0.39, 0.29) is 11.2 Å². The molecule has 0 aliphatic heterocycles. The van der Waals surface area contributed by atoms with E-state index in [4.69, 9.17) is 9.47 Å². The lowest BCUT2D eigenvalue weighted by Crippen LogP contribution is -2.17. The number of esters is 1. The first-order valence-electron chi connectivity index (χ1n) is 5.51. The largest absolute Gasteiger partial charge is 0.497 e. The molecular weight excluding hydrogens is 236 g/mol. The lowest BCUT2D eigenvalue weighted by molar-refractivity contribution is -0.140. The van der Waals surface area contributed by atoms with Crippen LogP contribution in [-0.4, -0.2) is 25.4 Å². The van der Waals surface area contributed by atoms with Gasteiger partial charge in [0.25, 0.3) is 0 Å². The van der Waals surface area contributed by atoms with E-state index >= 15 is 0 Å². The Morgan fingerprint density at radius 1 is 1.41 bits per heavy atom. The third-order valence-electron chi connectivity index (χ3n) is 2.49. The first-order valence-corrected chi connectivity index (χ1v) is 6.39. The third kappa shape index (κ3) is 3.66. The highest BCUT2D eigenvalue weighted by atomic mass is 32.2. The number of hydrogen-bond acceptors (Lipinski definition) is 4. The number of hydrogen-bond donors (Lipinski definition) is 0. The van der Waals surface area contributed by atoms with E-state index in [1.807, 2.05) is 32.0 Å². The number of benzene rings is 1. The second-order valence-corrected chi connectivity index (χ2v) is 4.91. The van der Waals surface area contributed by atoms with Crippen LogP contribution in [0.5, 0.6) is 5.75 Å². The standard InChI is InChI=1S/C13H18O3S/c1-5-11(13(14)16-4)17-12-7-6-10(15-3)8-9(12)2/h6-8,11H,5H2,1-4H3. The van der Waals surface area contributed by atoms with Crippen LogP contribution >= 0.6 is 11.8 Å². The fourth-order valence-electron chi connectivity index (χ4n) is 1.46. The van der Waals surface area contributed by atoms with Gasteiger partial charge in [-0.05, 0) is 37.1 Å². The van der Waals surface area contributed by atoms with Crippen molar-refractivity contribution >= 4 is 17.7 Å². The average Bonchev–Trinajstić information content (AvgIpc) is 2.36. The predicted molar refractivity (Wildman–Crippen MR) is 69.7 cm³/mol. The molecule has 1 aromatic carbocycles. The van der Waals surface area contributed by atoms with Crippen molar-refractivity contribution in [3.05, 3.63) is 23.8 Å². The number of methoxy groups -OCH3 is 2. The lowest BCUT2D eigenvalue weighted by atomic mass is 10.2. The van der Waals surface area contributed by atoms with E-state index in [0.29, 0.717) is 0 Å². The number of aryl methyl sites for hydroxylation is 1. The number of thioether (sulfide) groups is 1. The number of carbonyl (C=O) groups excluding carboxylic acids is 1. The van der Waals surface area contributed by atoms with Crippen LogP contribution in [0.4, 0.5) is 0 Å². The van der Waals surface area contributed by atoms with Crippen LogP contribution in [0.25, 0.3) is 0 Å². The summed E-state index contributed by atoms with van der Waals surface area (Å²) in [6.45, 7) is 3.99. The molecule has 1 atom stereocenters. The van der Waals surface area contributed by atoms with Gasteiger partial charge in [-0.1, -0.05) is 6.92 Å². The second kappa shape index (κ2) is 6.55. The van der Waals surface area contributed by atoms with Gasteiger partial charge >= 0.3 is 5.97 Å². The molecule has 94 valence electrons.